The van der Waals surface area contributed by atoms with E-state index in [2.05, 4.69) is 34.3 Å². The number of carbonyl (C=O) groups is 1. The summed E-state index contributed by atoms with van der Waals surface area (Å²) in [5.41, 5.74) is 3.01. The lowest BCUT2D eigenvalue weighted by molar-refractivity contribution is 0.187. The molecular formula is C22H28N6O. The normalized spacial score (nSPS) is 12.0. The third-order valence-electron chi connectivity index (χ3n) is 4.85. The number of nitrogens with one attached hydrogen (secondary N) is 1. The molecule has 0 bridgehead atoms. The summed E-state index contributed by atoms with van der Waals surface area (Å²) < 4.78 is 1.97. The zero-order valence-electron chi connectivity index (χ0n) is 17.4. The van der Waals surface area contributed by atoms with E-state index in [1.54, 1.807) is 17.4 Å². The summed E-state index contributed by atoms with van der Waals surface area (Å²) in [6, 6.07) is 13.7. The first kappa shape index (κ1) is 20.5. The van der Waals surface area contributed by atoms with Crippen LogP contribution < -0.4 is 5.32 Å². The third-order valence-corrected chi connectivity index (χ3v) is 4.85. The predicted molar refractivity (Wildman–Crippen MR) is 112 cm³/mol. The zero-order chi connectivity index (χ0) is 20.8. The predicted octanol–water partition coefficient (Wildman–Crippen LogP) is 4.04. The van der Waals surface area contributed by atoms with Gasteiger partial charge in [-0.3, -0.25) is 4.98 Å². The van der Waals surface area contributed by atoms with Crippen molar-refractivity contribution in [3.8, 4) is 0 Å². The summed E-state index contributed by atoms with van der Waals surface area (Å²) in [5.74, 6) is 0.738. The molecule has 0 unspecified atom stereocenters. The highest BCUT2D eigenvalue weighted by molar-refractivity contribution is 5.74. The topological polar surface area (TPSA) is 75.9 Å². The number of pyridine rings is 1. The number of aromatic nitrogens is 4. The minimum absolute atomic E-state index is 0.162. The largest absolute Gasteiger partial charge is 0.328 e. The van der Waals surface area contributed by atoms with Crippen LogP contribution in [0.2, 0.25) is 0 Å². The number of nitrogens with zero attached hydrogens (tertiary/aromatic N) is 5. The second-order valence-electron chi connectivity index (χ2n) is 7.47. The quantitative estimate of drug-likeness (QED) is 0.658. The fraction of sp³-hybridized carbons (Fsp3) is 0.364. The van der Waals surface area contributed by atoms with Crippen molar-refractivity contribution in [2.24, 2.45) is 0 Å². The van der Waals surface area contributed by atoms with E-state index < -0.39 is 0 Å². The first-order chi connectivity index (χ1) is 14.0. The molecule has 0 aliphatic heterocycles. The van der Waals surface area contributed by atoms with Crippen molar-refractivity contribution in [1.29, 1.82) is 0 Å². The molecule has 3 rings (SSSR count). The van der Waals surface area contributed by atoms with Crippen LogP contribution in [0, 0.1) is 6.92 Å². The van der Waals surface area contributed by atoms with Crippen LogP contribution in [0.4, 0.5) is 4.79 Å². The molecule has 2 amide bonds. The van der Waals surface area contributed by atoms with Crippen LogP contribution >= 0.6 is 0 Å². The maximum atomic E-state index is 13.2. The summed E-state index contributed by atoms with van der Waals surface area (Å²) in [7, 11) is 0. The van der Waals surface area contributed by atoms with Crippen molar-refractivity contribution < 1.29 is 4.79 Å². The van der Waals surface area contributed by atoms with Crippen LogP contribution in [0.5, 0.6) is 0 Å². The highest BCUT2D eigenvalue weighted by atomic mass is 16.2. The fourth-order valence-corrected chi connectivity index (χ4v) is 3.17. The van der Waals surface area contributed by atoms with E-state index in [1.165, 1.54) is 0 Å². The number of hydrogen-bond donors (Lipinski definition) is 1. The number of carbonyl (C=O) groups excluding carboxylic acids is 1. The van der Waals surface area contributed by atoms with E-state index >= 15 is 0 Å². The molecule has 3 aromatic rings. The van der Waals surface area contributed by atoms with Gasteiger partial charge in [-0.2, -0.15) is 0 Å². The number of aryl methyl sites for hydroxylation is 1. The number of amides is 2. The van der Waals surface area contributed by atoms with Crippen molar-refractivity contribution in [1.82, 2.24) is 30.0 Å². The summed E-state index contributed by atoms with van der Waals surface area (Å²) >= 11 is 0. The molecule has 2 heterocycles. The summed E-state index contributed by atoms with van der Waals surface area (Å²) in [6.07, 6.45) is 3.45. The minimum atomic E-state index is -0.268. The van der Waals surface area contributed by atoms with Crippen LogP contribution in [0.1, 0.15) is 55.5 Å². The van der Waals surface area contributed by atoms with Gasteiger partial charge >= 0.3 is 6.03 Å². The van der Waals surface area contributed by atoms with E-state index in [1.807, 2.05) is 60.9 Å². The molecule has 0 aliphatic carbocycles. The Balaban J connectivity index is 1.79. The Hall–Kier alpha value is -3.22. The molecule has 1 atom stereocenters. The average Bonchev–Trinajstić information content (AvgIpc) is 3.20. The van der Waals surface area contributed by atoms with Gasteiger partial charge in [0.2, 0.25) is 0 Å². The van der Waals surface area contributed by atoms with Crippen LogP contribution in [-0.2, 0) is 13.1 Å². The molecule has 2 aromatic heterocycles. The SMILES string of the molecule is Cc1cccnc1CN(Cc1ccccc1)C(=O)N[C@H](C)c1nncn1C(C)C. The van der Waals surface area contributed by atoms with Gasteiger partial charge in [-0.1, -0.05) is 36.4 Å². The standard InChI is InChI=1S/C22H28N6O/c1-16(2)28-15-24-26-21(28)18(4)25-22(29)27(13-19-10-6-5-7-11-19)14-20-17(3)9-8-12-23-20/h5-12,15-16,18H,13-14H2,1-4H3,(H,25,29)/t18-/m1/s1. The second-order valence-corrected chi connectivity index (χ2v) is 7.47. The lowest BCUT2D eigenvalue weighted by Crippen LogP contribution is -2.41. The van der Waals surface area contributed by atoms with E-state index in [0.29, 0.717) is 13.1 Å². The Labute approximate surface area is 171 Å². The zero-order valence-corrected chi connectivity index (χ0v) is 17.4. The van der Waals surface area contributed by atoms with Crippen molar-refractivity contribution in [3.05, 3.63) is 77.6 Å². The second kappa shape index (κ2) is 9.32. The molecule has 152 valence electrons. The Morgan fingerprint density at radius 3 is 2.55 bits per heavy atom. The van der Waals surface area contributed by atoms with Gasteiger partial charge in [0.15, 0.2) is 5.82 Å². The molecule has 29 heavy (non-hydrogen) atoms. The van der Waals surface area contributed by atoms with Crippen LogP contribution in [-0.4, -0.2) is 30.7 Å². The molecule has 0 saturated carbocycles. The first-order valence-electron chi connectivity index (χ1n) is 9.85. The molecule has 0 spiro atoms. The maximum absolute atomic E-state index is 13.2. The monoisotopic (exact) mass is 392 g/mol. The number of benzene rings is 1. The fourth-order valence-electron chi connectivity index (χ4n) is 3.17. The summed E-state index contributed by atoms with van der Waals surface area (Å²) in [6.45, 7) is 8.98. The molecule has 1 N–H and O–H groups in total. The van der Waals surface area contributed by atoms with E-state index in [9.17, 15) is 4.79 Å². The molecule has 0 saturated heterocycles. The molecular weight excluding hydrogens is 364 g/mol. The average molecular weight is 393 g/mol. The van der Waals surface area contributed by atoms with E-state index in [4.69, 9.17) is 0 Å². The molecule has 0 fully saturated rings. The van der Waals surface area contributed by atoms with Crippen molar-refractivity contribution >= 4 is 6.03 Å². The van der Waals surface area contributed by atoms with Crippen LogP contribution in [0.15, 0.2) is 55.0 Å². The minimum Gasteiger partial charge on any atom is -0.328 e. The maximum Gasteiger partial charge on any atom is 0.318 e. The third kappa shape index (κ3) is 5.19. The Morgan fingerprint density at radius 1 is 1.10 bits per heavy atom. The summed E-state index contributed by atoms with van der Waals surface area (Å²) in [4.78, 5) is 19.4. The van der Waals surface area contributed by atoms with Crippen molar-refractivity contribution in [2.45, 2.75) is 52.9 Å². The van der Waals surface area contributed by atoms with Gasteiger partial charge in [-0.25, -0.2) is 4.79 Å². The molecule has 7 nitrogen and oxygen atoms in total. The Bertz CT molecular complexity index is 937. The highest BCUT2D eigenvalue weighted by Crippen LogP contribution is 2.16. The lowest BCUT2D eigenvalue weighted by Gasteiger charge is -2.26. The van der Waals surface area contributed by atoms with Crippen LogP contribution in [0.25, 0.3) is 0 Å². The van der Waals surface area contributed by atoms with Gasteiger partial charge in [0.05, 0.1) is 18.3 Å². The van der Waals surface area contributed by atoms with Crippen LogP contribution in [0.3, 0.4) is 0 Å². The van der Waals surface area contributed by atoms with Crippen molar-refractivity contribution in [2.75, 3.05) is 0 Å². The number of urea groups is 1. The first-order valence-corrected chi connectivity index (χ1v) is 9.85. The van der Waals surface area contributed by atoms with Gasteiger partial charge in [0.1, 0.15) is 6.33 Å². The molecule has 0 radical (unpaired) electrons. The molecule has 0 aliphatic rings. The number of rotatable bonds is 7. The van der Waals surface area contributed by atoms with Gasteiger partial charge in [-0.05, 0) is 44.9 Å². The van der Waals surface area contributed by atoms with Gasteiger partial charge in [-0.15, -0.1) is 10.2 Å². The molecule has 1 aromatic carbocycles. The Morgan fingerprint density at radius 2 is 1.86 bits per heavy atom. The molecule has 7 heteroatoms. The number of hydrogen-bond acceptors (Lipinski definition) is 4. The van der Waals surface area contributed by atoms with Gasteiger partial charge < -0.3 is 14.8 Å². The van der Waals surface area contributed by atoms with Gasteiger partial charge in [0.25, 0.3) is 0 Å². The Kier molecular flexibility index (Phi) is 6.59. The highest BCUT2D eigenvalue weighted by Gasteiger charge is 2.22. The van der Waals surface area contributed by atoms with Gasteiger partial charge in [0, 0.05) is 18.8 Å². The smallest absolute Gasteiger partial charge is 0.318 e. The van der Waals surface area contributed by atoms with E-state index in [-0.39, 0.29) is 18.1 Å². The van der Waals surface area contributed by atoms with E-state index in [0.717, 1.165) is 22.6 Å². The lowest BCUT2D eigenvalue weighted by atomic mass is 10.2. The van der Waals surface area contributed by atoms with Crippen molar-refractivity contribution in [3.63, 3.8) is 0 Å². The summed E-state index contributed by atoms with van der Waals surface area (Å²) in [5, 5.41) is 11.3.